The van der Waals surface area contributed by atoms with Crippen molar-refractivity contribution >= 4 is 32.4 Å². The molecule has 1 fully saturated rings. The summed E-state index contributed by atoms with van der Waals surface area (Å²) in [5.41, 5.74) is 0.351. The number of fused-ring (bicyclic) bond motifs is 1. The fourth-order valence-electron chi connectivity index (χ4n) is 4.21. The summed E-state index contributed by atoms with van der Waals surface area (Å²) >= 11 is 0. The van der Waals surface area contributed by atoms with E-state index >= 15 is 0 Å². The number of nitrogens with zero attached hydrogens (tertiary/aromatic N) is 4. The lowest BCUT2D eigenvalue weighted by Gasteiger charge is -2.33. The number of carbonyl (C=O) groups is 1. The summed E-state index contributed by atoms with van der Waals surface area (Å²) in [6.45, 7) is 9.65. The summed E-state index contributed by atoms with van der Waals surface area (Å²) in [4.78, 5) is 28.3. The molecule has 0 saturated carbocycles. The highest BCUT2D eigenvalue weighted by Crippen LogP contribution is 2.21. The molecule has 1 aliphatic rings. The van der Waals surface area contributed by atoms with Gasteiger partial charge in [-0.2, -0.15) is 9.40 Å². The van der Waals surface area contributed by atoms with Gasteiger partial charge in [-0.15, -0.1) is 0 Å². The minimum Gasteiger partial charge on any atom is -0.321 e. The average molecular weight is 498 g/mol. The van der Waals surface area contributed by atoms with Gasteiger partial charge in [-0.1, -0.05) is 39.0 Å². The van der Waals surface area contributed by atoms with Gasteiger partial charge in [0, 0.05) is 43.8 Å². The molecule has 10 heteroatoms. The van der Waals surface area contributed by atoms with Crippen LogP contribution in [0, 0.1) is 5.92 Å². The summed E-state index contributed by atoms with van der Waals surface area (Å²) in [6.07, 6.45) is 0. The Morgan fingerprint density at radius 2 is 1.63 bits per heavy atom. The first kappa shape index (κ1) is 25.0. The SMILES string of the molecule is CCN1CCN(S(=O)(=O)c2ccc(NC(=O)c3nn(CC(C)C)c(=O)c4ccccc34)cc2)CC1. The van der Waals surface area contributed by atoms with E-state index in [2.05, 4.69) is 22.2 Å². The molecule has 1 N–H and O–H groups in total. The number of nitrogens with one attached hydrogen (secondary N) is 1. The Balaban J connectivity index is 1.56. The Bertz CT molecular complexity index is 1380. The average Bonchev–Trinajstić information content (AvgIpc) is 2.86. The third-order valence-electron chi connectivity index (χ3n) is 6.15. The Labute approximate surface area is 205 Å². The van der Waals surface area contributed by atoms with Gasteiger partial charge in [0.15, 0.2) is 5.69 Å². The zero-order valence-electron chi connectivity index (χ0n) is 20.3. The summed E-state index contributed by atoms with van der Waals surface area (Å²) in [5, 5.41) is 8.04. The van der Waals surface area contributed by atoms with Crippen LogP contribution >= 0.6 is 0 Å². The number of hydrogen-bond donors (Lipinski definition) is 1. The lowest BCUT2D eigenvalue weighted by atomic mass is 10.1. The fraction of sp³-hybridized carbons (Fsp3) is 0.400. The van der Waals surface area contributed by atoms with Gasteiger partial charge < -0.3 is 10.2 Å². The maximum Gasteiger partial charge on any atom is 0.276 e. The second-order valence-corrected chi connectivity index (χ2v) is 11.0. The number of benzene rings is 2. The highest BCUT2D eigenvalue weighted by Gasteiger charge is 2.28. The molecule has 3 aromatic rings. The molecule has 0 aliphatic carbocycles. The number of carbonyl (C=O) groups excluding carboxylic acids is 1. The van der Waals surface area contributed by atoms with Gasteiger partial charge in [-0.25, -0.2) is 13.1 Å². The van der Waals surface area contributed by atoms with Gasteiger partial charge >= 0.3 is 0 Å². The van der Waals surface area contributed by atoms with E-state index in [9.17, 15) is 18.0 Å². The number of rotatable bonds is 7. The van der Waals surface area contributed by atoms with Crippen molar-refractivity contribution in [3.8, 4) is 0 Å². The van der Waals surface area contributed by atoms with Crippen LogP contribution < -0.4 is 10.9 Å². The van der Waals surface area contributed by atoms with Crippen LogP contribution in [-0.4, -0.2) is 66.0 Å². The van der Waals surface area contributed by atoms with Crippen molar-refractivity contribution in [2.24, 2.45) is 5.92 Å². The standard InChI is InChI=1S/C25H31N5O4S/c1-4-28-13-15-29(16-14-28)35(33,34)20-11-9-19(10-12-20)26-24(31)23-21-7-5-6-8-22(21)25(32)30(27-23)17-18(2)3/h5-12,18H,4,13-17H2,1-3H3,(H,26,31). The number of sulfonamides is 1. The molecule has 35 heavy (non-hydrogen) atoms. The van der Waals surface area contributed by atoms with Crippen LogP contribution in [0.1, 0.15) is 31.3 Å². The first-order valence-corrected chi connectivity index (χ1v) is 13.3. The van der Waals surface area contributed by atoms with E-state index in [1.54, 1.807) is 36.4 Å². The Morgan fingerprint density at radius 3 is 2.23 bits per heavy atom. The molecule has 0 unspecified atom stereocenters. The van der Waals surface area contributed by atoms with E-state index in [1.807, 2.05) is 13.8 Å². The number of piperazine rings is 1. The zero-order valence-corrected chi connectivity index (χ0v) is 21.1. The van der Waals surface area contributed by atoms with Crippen LogP contribution in [0.2, 0.25) is 0 Å². The number of aromatic nitrogens is 2. The first-order chi connectivity index (χ1) is 16.7. The molecule has 0 spiro atoms. The van der Waals surface area contributed by atoms with Crippen molar-refractivity contribution in [3.05, 3.63) is 64.6 Å². The Hall–Kier alpha value is -3.08. The number of anilines is 1. The monoisotopic (exact) mass is 497 g/mol. The van der Waals surface area contributed by atoms with E-state index in [-0.39, 0.29) is 22.1 Å². The molecule has 1 aromatic heterocycles. The van der Waals surface area contributed by atoms with Crippen LogP contribution in [0.25, 0.3) is 10.8 Å². The highest BCUT2D eigenvalue weighted by atomic mass is 32.2. The molecule has 2 aromatic carbocycles. The van der Waals surface area contributed by atoms with E-state index in [0.717, 1.165) is 6.54 Å². The molecule has 1 saturated heterocycles. The molecule has 9 nitrogen and oxygen atoms in total. The molecule has 1 amide bonds. The number of likely N-dealkylation sites (N-methyl/N-ethyl adjacent to an activating group) is 1. The molecular weight excluding hydrogens is 466 g/mol. The van der Waals surface area contributed by atoms with Crippen molar-refractivity contribution in [1.82, 2.24) is 19.0 Å². The van der Waals surface area contributed by atoms with Gasteiger partial charge in [-0.05, 0) is 42.8 Å². The van der Waals surface area contributed by atoms with Crippen LogP contribution in [-0.2, 0) is 16.6 Å². The fourth-order valence-corrected chi connectivity index (χ4v) is 5.63. The summed E-state index contributed by atoms with van der Waals surface area (Å²) in [6, 6.07) is 13.0. The largest absolute Gasteiger partial charge is 0.321 e. The maximum atomic E-state index is 13.1. The van der Waals surface area contributed by atoms with Crippen molar-refractivity contribution in [3.63, 3.8) is 0 Å². The van der Waals surface area contributed by atoms with E-state index < -0.39 is 15.9 Å². The minimum absolute atomic E-state index is 0.145. The van der Waals surface area contributed by atoms with Crippen LogP contribution in [0.5, 0.6) is 0 Å². The maximum absolute atomic E-state index is 13.1. The van der Waals surface area contributed by atoms with E-state index in [0.29, 0.717) is 49.2 Å². The minimum atomic E-state index is -3.60. The van der Waals surface area contributed by atoms with Crippen molar-refractivity contribution in [1.29, 1.82) is 0 Å². The summed E-state index contributed by atoms with van der Waals surface area (Å²) < 4.78 is 28.9. The molecule has 0 atom stereocenters. The lowest BCUT2D eigenvalue weighted by Crippen LogP contribution is -2.48. The second-order valence-electron chi connectivity index (χ2n) is 9.09. The van der Waals surface area contributed by atoms with Crippen molar-refractivity contribution < 1.29 is 13.2 Å². The predicted molar refractivity (Wildman–Crippen MR) is 136 cm³/mol. The van der Waals surface area contributed by atoms with Gasteiger partial charge in [0.25, 0.3) is 11.5 Å². The molecule has 2 heterocycles. The van der Waals surface area contributed by atoms with Crippen LogP contribution in [0.3, 0.4) is 0 Å². The van der Waals surface area contributed by atoms with Crippen molar-refractivity contribution in [2.45, 2.75) is 32.2 Å². The highest BCUT2D eigenvalue weighted by molar-refractivity contribution is 7.89. The van der Waals surface area contributed by atoms with Gasteiger partial charge in [0.2, 0.25) is 10.0 Å². The predicted octanol–water partition coefficient (Wildman–Crippen LogP) is 2.63. The molecule has 186 valence electrons. The van der Waals surface area contributed by atoms with Crippen molar-refractivity contribution in [2.75, 3.05) is 38.0 Å². The molecule has 0 bridgehead atoms. The topological polar surface area (TPSA) is 105 Å². The quantitative estimate of drug-likeness (QED) is 0.538. The molecule has 0 radical (unpaired) electrons. The van der Waals surface area contributed by atoms with Gasteiger partial charge in [-0.3, -0.25) is 9.59 Å². The summed E-state index contributed by atoms with van der Waals surface area (Å²) in [7, 11) is -3.60. The van der Waals surface area contributed by atoms with Gasteiger partial charge in [0.1, 0.15) is 0 Å². The number of hydrogen-bond acceptors (Lipinski definition) is 6. The van der Waals surface area contributed by atoms with E-state index in [4.69, 9.17) is 0 Å². The normalized spacial score (nSPS) is 15.5. The van der Waals surface area contributed by atoms with Crippen LogP contribution in [0.4, 0.5) is 5.69 Å². The van der Waals surface area contributed by atoms with E-state index in [1.165, 1.54) is 21.1 Å². The van der Waals surface area contributed by atoms with Gasteiger partial charge in [0.05, 0.1) is 10.3 Å². The smallest absolute Gasteiger partial charge is 0.276 e. The third kappa shape index (κ3) is 5.29. The summed E-state index contributed by atoms with van der Waals surface area (Å²) in [5.74, 6) is -0.290. The zero-order chi connectivity index (χ0) is 25.2. The number of amides is 1. The van der Waals surface area contributed by atoms with Crippen LogP contribution in [0.15, 0.2) is 58.2 Å². The second kappa shape index (κ2) is 10.3. The Kier molecular flexibility index (Phi) is 7.34. The first-order valence-electron chi connectivity index (χ1n) is 11.8. The molecule has 1 aliphatic heterocycles. The Morgan fingerprint density at radius 1 is 1.00 bits per heavy atom. The molecule has 4 rings (SSSR count). The molecular formula is C25H31N5O4S. The third-order valence-corrected chi connectivity index (χ3v) is 8.06. The lowest BCUT2D eigenvalue weighted by molar-refractivity contribution is 0.102.